The lowest BCUT2D eigenvalue weighted by Crippen LogP contribution is -2.49. The van der Waals surface area contributed by atoms with Crippen LogP contribution in [0.3, 0.4) is 0 Å². The van der Waals surface area contributed by atoms with Crippen molar-refractivity contribution in [2.75, 3.05) is 32.8 Å². The molecule has 5 nitrogen and oxygen atoms in total. The Morgan fingerprint density at radius 3 is 2.61 bits per heavy atom. The first-order valence-electron chi connectivity index (χ1n) is 7.93. The van der Waals surface area contributed by atoms with E-state index in [1.807, 2.05) is 48.2 Å². The van der Waals surface area contributed by atoms with Crippen molar-refractivity contribution < 1.29 is 13.9 Å². The Morgan fingerprint density at radius 2 is 1.91 bits per heavy atom. The standard InChI is InChI=1S/C18H22N2O3/c1-15-5-2-3-7-17(15)23-14-18(21)20-10-8-19(9-11-20)13-16-6-4-12-22-16/h2-7,12H,8-11,13-14H2,1H3. The zero-order chi connectivity index (χ0) is 16.1. The van der Waals surface area contributed by atoms with Crippen molar-refractivity contribution in [3.63, 3.8) is 0 Å². The Morgan fingerprint density at radius 1 is 1.13 bits per heavy atom. The average Bonchev–Trinajstić information content (AvgIpc) is 3.07. The molecule has 1 aromatic heterocycles. The van der Waals surface area contributed by atoms with Crippen molar-refractivity contribution in [2.24, 2.45) is 0 Å². The molecule has 5 heteroatoms. The lowest BCUT2D eigenvalue weighted by atomic mass is 10.2. The minimum Gasteiger partial charge on any atom is -0.484 e. The third-order valence-corrected chi connectivity index (χ3v) is 4.13. The summed E-state index contributed by atoms with van der Waals surface area (Å²) in [7, 11) is 0. The molecule has 1 amide bonds. The van der Waals surface area contributed by atoms with Crippen LogP contribution >= 0.6 is 0 Å². The molecule has 1 fully saturated rings. The molecule has 1 aliphatic heterocycles. The third kappa shape index (κ3) is 4.13. The van der Waals surface area contributed by atoms with Crippen LogP contribution in [0, 0.1) is 6.92 Å². The number of piperazine rings is 1. The molecule has 1 aliphatic rings. The molecule has 0 radical (unpaired) electrons. The van der Waals surface area contributed by atoms with E-state index in [0.29, 0.717) is 0 Å². The molecule has 2 heterocycles. The van der Waals surface area contributed by atoms with Gasteiger partial charge in [0, 0.05) is 26.2 Å². The van der Waals surface area contributed by atoms with Crippen LogP contribution < -0.4 is 4.74 Å². The second-order valence-corrected chi connectivity index (χ2v) is 5.79. The van der Waals surface area contributed by atoms with E-state index in [9.17, 15) is 4.79 Å². The smallest absolute Gasteiger partial charge is 0.260 e. The van der Waals surface area contributed by atoms with Gasteiger partial charge in [-0.15, -0.1) is 0 Å². The van der Waals surface area contributed by atoms with Crippen LogP contribution in [0.2, 0.25) is 0 Å². The van der Waals surface area contributed by atoms with Gasteiger partial charge in [-0.05, 0) is 30.7 Å². The molecule has 0 bridgehead atoms. The Balaban J connectivity index is 1.44. The van der Waals surface area contributed by atoms with Crippen LogP contribution in [-0.4, -0.2) is 48.5 Å². The summed E-state index contributed by atoms with van der Waals surface area (Å²) in [5.74, 6) is 1.79. The fraction of sp³-hybridized carbons (Fsp3) is 0.389. The summed E-state index contributed by atoms with van der Waals surface area (Å²) in [6.07, 6.45) is 1.69. The third-order valence-electron chi connectivity index (χ3n) is 4.13. The number of aryl methyl sites for hydroxylation is 1. The average molecular weight is 314 g/mol. The molecule has 3 rings (SSSR count). The van der Waals surface area contributed by atoms with E-state index in [2.05, 4.69) is 4.90 Å². The molecule has 0 atom stereocenters. The number of carbonyl (C=O) groups excluding carboxylic acids is 1. The van der Waals surface area contributed by atoms with E-state index in [0.717, 1.165) is 49.8 Å². The molecule has 0 aliphatic carbocycles. The molecule has 2 aromatic rings. The Kier molecular flexibility index (Phi) is 4.98. The largest absolute Gasteiger partial charge is 0.484 e. The molecule has 0 spiro atoms. The predicted octanol–water partition coefficient (Wildman–Crippen LogP) is 2.31. The number of ether oxygens (including phenoxy) is 1. The summed E-state index contributed by atoms with van der Waals surface area (Å²) in [4.78, 5) is 16.4. The van der Waals surface area contributed by atoms with Crippen molar-refractivity contribution in [1.29, 1.82) is 0 Å². The van der Waals surface area contributed by atoms with Crippen LogP contribution in [0.1, 0.15) is 11.3 Å². The monoisotopic (exact) mass is 314 g/mol. The highest BCUT2D eigenvalue weighted by molar-refractivity contribution is 5.78. The van der Waals surface area contributed by atoms with Crippen molar-refractivity contribution in [3.05, 3.63) is 54.0 Å². The van der Waals surface area contributed by atoms with Gasteiger partial charge < -0.3 is 14.1 Å². The number of carbonyl (C=O) groups is 1. The lowest BCUT2D eigenvalue weighted by Gasteiger charge is -2.34. The van der Waals surface area contributed by atoms with Crippen molar-refractivity contribution in [3.8, 4) is 5.75 Å². The number of hydrogen-bond donors (Lipinski definition) is 0. The molecule has 0 saturated carbocycles. The van der Waals surface area contributed by atoms with Gasteiger partial charge in [0.05, 0.1) is 12.8 Å². The Bertz CT molecular complexity index is 631. The highest BCUT2D eigenvalue weighted by Gasteiger charge is 2.22. The van der Waals surface area contributed by atoms with Crippen LogP contribution in [0.15, 0.2) is 47.1 Å². The molecule has 1 saturated heterocycles. The van der Waals surface area contributed by atoms with Crippen LogP contribution in [0.4, 0.5) is 0 Å². The number of nitrogens with zero attached hydrogens (tertiary/aromatic N) is 2. The number of para-hydroxylation sites is 1. The first-order chi connectivity index (χ1) is 11.2. The summed E-state index contributed by atoms with van der Waals surface area (Å²) < 4.78 is 11.0. The molecular weight excluding hydrogens is 292 g/mol. The fourth-order valence-electron chi connectivity index (χ4n) is 2.73. The maximum atomic E-state index is 12.3. The van der Waals surface area contributed by atoms with Gasteiger partial charge in [0.25, 0.3) is 5.91 Å². The van der Waals surface area contributed by atoms with Crippen molar-refractivity contribution in [1.82, 2.24) is 9.80 Å². The van der Waals surface area contributed by atoms with E-state index in [1.54, 1.807) is 6.26 Å². The van der Waals surface area contributed by atoms with E-state index in [4.69, 9.17) is 9.15 Å². The van der Waals surface area contributed by atoms with Gasteiger partial charge in [-0.25, -0.2) is 0 Å². The maximum Gasteiger partial charge on any atom is 0.260 e. The highest BCUT2D eigenvalue weighted by Crippen LogP contribution is 2.16. The molecule has 23 heavy (non-hydrogen) atoms. The van der Waals surface area contributed by atoms with Gasteiger partial charge in [0.1, 0.15) is 11.5 Å². The van der Waals surface area contributed by atoms with E-state index in [1.165, 1.54) is 0 Å². The Hall–Kier alpha value is -2.27. The van der Waals surface area contributed by atoms with Gasteiger partial charge in [-0.2, -0.15) is 0 Å². The van der Waals surface area contributed by atoms with E-state index in [-0.39, 0.29) is 12.5 Å². The highest BCUT2D eigenvalue weighted by atomic mass is 16.5. The molecule has 122 valence electrons. The summed E-state index contributed by atoms with van der Waals surface area (Å²) in [5.41, 5.74) is 1.04. The number of furan rings is 1. The lowest BCUT2D eigenvalue weighted by molar-refractivity contribution is -0.135. The molecule has 1 aromatic carbocycles. The van der Waals surface area contributed by atoms with Gasteiger partial charge in [0.15, 0.2) is 6.61 Å². The summed E-state index contributed by atoms with van der Waals surface area (Å²) in [6.45, 7) is 6.06. The fourth-order valence-corrected chi connectivity index (χ4v) is 2.73. The summed E-state index contributed by atoms with van der Waals surface area (Å²) in [5, 5.41) is 0. The molecule has 0 N–H and O–H groups in total. The van der Waals surface area contributed by atoms with Crippen LogP contribution in [0.25, 0.3) is 0 Å². The van der Waals surface area contributed by atoms with Crippen molar-refractivity contribution in [2.45, 2.75) is 13.5 Å². The zero-order valence-corrected chi connectivity index (χ0v) is 13.4. The minimum absolute atomic E-state index is 0.0471. The number of rotatable bonds is 5. The topological polar surface area (TPSA) is 45.9 Å². The van der Waals surface area contributed by atoms with Crippen LogP contribution in [0.5, 0.6) is 5.75 Å². The predicted molar refractivity (Wildman–Crippen MR) is 87.2 cm³/mol. The zero-order valence-electron chi connectivity index (χ0n) is 13.4. The molecule has 0 unspecified atom stereocenters. The minimum atomic E-state index is 0.0471. The summed E-state index contributed by atoms with van der Waals surface area (Å²) >= 11 is 0. The first-order valence-corrected chi connectivity index (χ1v) is 7.93. The van der Waals surface area contributed by atoms with Gasteiger partial charge in [-0.3, -0.25) is 9.69 Å². The number of amides is 1. The van der Waals surface area contributed by atoms with Crippen molar-refractivity contribution >= 4 is 5.91 Å². The number of hydrogen-bond acceptors (Lipinski definition) is 4. The molecular formula is C18H22N2O3. The maximum absolute atomic E-state index is 12.3. The second kappa shape index (κ2) is 7.33. The second-order valence-electron chi connectivity index (χ2n) is 5.79. The van der Waals surface area contributed by atoms with Gasteiger partial charge in [0.2, 0.25) is 0 Å². The van der Waals surface area contributed by atoms with Gasteiger partial charge >= 0.3 is 0 Å². The SMILES string of the molecule is Cc1ccccc1OCC(=O)N1CCN(Cc2ccco2)CC1. The summed E-state index contributed by atoms with van der Waals surface area (Å²) in [6, 6.07) is 11.6. The van der Waals surface area contributed by atoms with E-state index >= 15 is 0 Å². The van der Waals surface area contributed by atoms with Gasteiger partial charge in [-0.1, -0.05) is 18.2 Å². The number of benzene rings is 1. The quantitative estimate of drug-likeness (QED) is 0.849. The first kappa shape index (κ1) is 15.6. The van der Waals surface area contributed by atoms with E-state index < -0.39 is 0 Å². The Labute approximate surface area is 136 Å². The van der Waals surface area contributed by atoms with Crippen LogP contribution in [-0.2, 0) is 11.3 Å². The normalized spacial score (nSPS) is 15.6.